The van der Waals surface area contributed by atoms with Crippen molar-refractivity contribution in [3.63, 3.8) is 0 Å². The Morgan fingerprint density at radius 3 is 2.50 bits per heavy atom. The lowest BCUT2D eigenvalue weighted by atomic mass is 9.87. The third-order valence-corrected chi connectivity index (χ3v) is 6.56. The van der Waals surface area contributed by atoms with Crippen molar-refractivity contribution in [2.75, 3.05) is 25.9 Å². The van der Waals surface area contributed by atoms with Crippen LogP contribution in [0.1, 0.15) is 41.6 Å². The van der Waals surface area contributed by atoms with Crippen LogP contribution < -0.4 is 0 Å². The molecule has 3 rings (SSSR count). The molecule has 1 aromatic carbocycles. The molecule has 1 atom stereocenters. The molecule has 2 fully saturated rings. The first-order chi connectivity index (χ1) is 11.2. The van der Waals surface area contributed by atoms with Gasteiger partial charge < -0.3 is 4.90 Å². The highest BCUT2D eigenvalue weighted by Gasteiger charge is 2.48. The number of piperidine rings is 1. The van der Waals surface area contributed by atoms with E-state index in [0.29, 0.717) is 30.8 Å². The molecule has 2 aliphatic rings. The Bertz CT molecular complexity index is 765. The van der Waals surface area contributed by atoms with Gasteiger partial charge in [-0.05, 0) is 50.3 Å². The molecule has 5 nitrogen and oxygen atoms in total. The molecule has 0 aromatic heterocycles. The number of carbonyl (C=O) groups excluding carboxylic acids is 1. The highest BCUT2D eigenvalue weighted by atomic mass is 32.2. The number of sulfonamides is 1. The number of halogens is 1. The summed E-state index contributed by atoms with van der Waals surface area (Å²) in [7, 11) is -3.30. The van der Waals surface area contributed by atoms with Crippen molar-refractivity contribution in [2.24, 2.45) is 0 Å². The average molecular weight is 354 g/mol. The predicted octanol–water partition coefficient (Wildman–Crippen LogP) is 2.16. The minimum Gasteiger partial charge on any atom is -0.337 e. The lowest BCUT2D eigenvalue weighted by Crippen LogP contribution is -2.58. The smallest absolute Gasteiger partial charge is 0.254 e. The molecule has 0 N–H and O–H groups in total. The molecule has 1 aromatic rings. The molecular formula is C17H23FN2O3S. The Kier molecular flexibility index (Phi) is 4.42. The molecule has 24 heavy (non-hydrogen) atoms. The zero-order valence-electron chi connectivity index (χ0n) is 14.1. The zero-order chi connectivity index (χ0) is 17.5. The predicted molar refractivity (Wildman–Crippen MR) is 89.8 cm³/mol. The highest BCUT2D eigenvalue weighted by Crippen LogP contribution is 2.39. The molecule has 2 aliphatic heterocycles. The number of amides is 1. The van der Waals surface area contributed by atoms with Crippen LogP contribution in [-0.2, 0) is 10.0 Å². The fourth-order valence-electron chi connectivity index (χ4n) is 4.03. The number of benzene rings is 1. The van der Waals surface area contributed by atoms with Gasteiger partial charge in [-0.3, -0.25) is 4.79 Å². The second-order valence-electron chi connectivity index (χ2n) is 6.96. The second kappa shape index (κ2) is 6.11. The first-order valence-electron chi connectivity index (χ1n) is 8.26. The van der Waals surface area contributed by atoms with E-state index in [1.54, 1.807) is 28.3 Å². The molecule has 7 heteroatoms. The molecule has 0 unspecified atom stereocenters. The Morgan fingerprint density at radius 2 is 1.88 bits per heavy atom. The van der Waals surface area contributed by atoms with E-state index in [-0.39, 0.29) is 5.91 Å². The third kappa shape index (κ3) is 3.07. The van der Waals surface area contributed by atoms with Crippen LogP contribution in [0.15, 0.2) is 18.2 Å². The van der Waals surface area contributed by atoms with Crippen LogP contribution in [0.5, 0.6) is 0 Å². The normalized spacial score (nSPS) is 25.4. The van der Waals surface area contributed by atoms with Crippen LogP contribution in [0.2, 0.25) is 0 Å². The third-order valence-electron chi connectivity index (χ3n) is 5.19. The maximum Gasteiger partial charge on any atom is 0.254 e. The number of likely N-dealkylation sites (tertiary alicyclic amines) is 1. The molecule has 132 valence electrons. The molecule has 0 bridgehead atoms. The maximum absolute atomic E-state index is 13.8. The summed E-state index contributed by atoms with van der Waals surface area (Å²) in [5, 5.41) is 0. The van der Waals surface area contributed by atoms with Crippen molar-refractivity contribution in [2.45, 2.75) is 38.1 Å². The van der Waals surface area contributed by atoms with E-state index < -0.39 is 21.4 Å². The zero-order valence-corrected chi connectivity index (χ0v) is 14.9. The van der Waals surface area contributed by atoms with Crippen LogP contribution >= 0.6 is 0 Å². The van der Waals surface area contributed by atoms with E-state index in [1.807, 2.05) is 0 Å². The van der Waals surface area contributed by atoms with Gasteiger partial charge in [0.25, 0.3) is 5.91 Å². The summed E-state index contributed by atoms with van der Waals surface area (Å²) in [5.41, 5.74) is 0.324. The summed E-state index contributed by atoms with van der Waals surface area (Å²) < 4.78 is 39.5. The minimum absolute atomic E-state index is 0.228. The standard InChI is InChI=1S/C17H23FN2O3S/c1-13-5-6-14(11-15(13)18)16(21)19-9-3-7-17(12-19)8-4-10-20(17)24(2,22)23/h5-6,11H,3-4,7-10,12H2,1-2H3/t17-/m1/s1. The first-order valence-corrected chi connectivity index (χ1v) is 10.1. The summed E-state index contributed by atoms with van der Waals surface area (Å²) in [5.74, 6) is -0.625. The van der Waals surface area contributed by atoms with Gasteiger partial charge in [0.05, 0.1) is 11.8 Å². The molecule has 2 heterocycles. The second-order valence-corrected chi connectivity index (χ2v) is 8.86. The van der Waals surface area contributed by atoms with Crippen LogP contribution in [0.25, 0.3) is 0 Å². The summed E-state index contributed by atoms with van der Waals surface area (Å²) in [6.07, 6.45) is 4.34. The van der Waals surface area contributed by atoms with Crippen LogP contribution in [0, 0.1) is 12.7 Å². The average Bonchev–Trinajstić information content (AvgIpc) is 2.92. The number of carbonyl (C=O) groups is 1. The van der Waals surface area contributed by atoms with E-state index in [2.05, 4.69) is 0 Å². The van der Waals surface area contributed by atoms with Gasteiger partial charge in [-0.25, -0.2) is 12.8 Å². The fraction of sp³-hybridized carbons (Fsp3) is 0.588. The fourth-order valence-corrected chi connectivity index (χ4v) is 5.44. The van der Waals surface area contributed by atoms with Crippen molar-refractivity contribution < 1.29 is 17.6 Å². The van der Waals surface area contributed by atoms with Crippen LogP contribution in [0.3, 0.4) is 0 Å². The quantitative estimate of drug-likeness (QED) is 0.818. The summed E-state index contributed by atoms with van der Waals surface area (Å²) in [6.45, 7) is 3.13. The van der Waals surface area contributed by atoms with E-state index >= 15 is 0 Å². The Balaban J connectivity index is 1.85. The van der Waals surface area contributed by atoms with Crippen LogP contribution in [-0.4, -0.2) is 55.0 Å². The Hall–Kier alpha value is -1.47. The maximum atomic E-state index is 13.8. The van der Waals surface area contributed by atoms with E-state index in [1.165, 1.54) is 12.3 Å². The summed E-state index contributed by atoms with van der Waals surface area (Å²) in [4.78, 5) is 14.4. The Labute approximate surface area is 142 Å². The molecule has 2 saturated heterocycles. The van der Waals surface area contributed by atoms with Crippen LogP contribution in [0.4, 0.5) is 4.39 Å². The monoisotopic (exact) mass is 354 g/mol. The van der Waals surface area contributed by atoms with Gasteiger partial charge in [0.1, 0.15) is 5.82 Å². The van der Waals surface area contributed by atoms with Crippen molar-refractivity contribution >= 4 is 15.9 Å². The molecular weight excluding hydrogens is 331 g/mol. The van der Waals surface area contributed by atoms with Gasteiger partial charge in [0, 0.05) is 25.2 Å². The van der Waals surface area contributed by atoms with E-state index in [0.717, 1.165) is 25.7 Å². The van der Waals surface area contributed by atoms with Gasteiger partial charge >= 0.3 is 0 Å². The minimum atomic E-state index is -3.30. The largest absolute Gasteiger partial charge is 0.337 e. The SMILES string of the molecule is Cc1ccc(C(=O)N2CCC[C@@]3(CCCN3S(C)(=O)=O)C2)cc1F. The number of aryl methyl sites for hydroxylation is 1. The van der Waals surface area contributed by atoms with Gasteiger partial charge in [-0.2, -0.15) is 4.31 Å². The molecule has 0 radical (unpaired) electrons. The van der Waals surface area contributed by atoms with Crippen molar-refractivity contribution in [3.8, 4) is 0 Å². The number of rotatable bonds is 2. The Morgan fingerprint density at radius 1 is 1.21 bits per heavy atom. The van der Waals surface area contributed by atoms with Gasteiger partial charge in [-0.15, -0.1) is 0 Å². The summed E-state index contributed by atoms with van der Waals surface area (Å²) in [6, 6.07) is 4.49. The van der Waals surface area contributed by atoms with E-state index in [9.17, 15) is 17.6 Å². The number of hydrogen-bond donors (Lipinski definition) is 0. The number of nitrogens with zero attached hydrogens (tertiary/aromatic N) is 2. The van der Waals surface area contributed by atoms with Crippen molar-refractivity contribution in [3.05, 3.63) is 35.1 Å². The topological polar surface area (TPSA) is 57.7 Å². The molecule has 1 amide bonds. The number of hydrogen-bond acceptors (Lipinski definition) is 3. The van der Waals surface area contributed by atoms with Gasteiger partial charge in [-0.1, -0.05) is 6.07 Å². The van der Waals surface area contributed by atoms with Crippen molar-refractivity contribution in [1.29, 1.82) is 0 Å². The highest BCUT2D eigenvalue weighted by molar-refractivity contribution is 7.88. The molecule has 1 spiro atoms. The molecule has 0 aliphatic carbocycles. The van der Waals surface area contributed by atoms with Crippen molar-refractivity contribution in [1.82, 2.24) is 9.21 Å². The first kappa shape index (κ1) is 17.4. The summed E-state index contributed by atoms with van der Waals surface area (Å²) >= 11 is 0. The van der Waals surface area contributed by atoms with E-state index in [4.69, 9.17) is 0 Å². The van der Waals surface area contributed by atoms with Gasteiger partial charge in [0.15, 0.2) is 0 Å². The van der Waals surface area contributed by atoms with Gasteiger partial charge in [0.2, 0.25) is 10.0 Å². The lowest BCUT2D eigenvalue weighted by molar-refractivity contribution is 0.0524. The lowest BCUT2D eigenvalue weighted by Gasteiger charge is -2.44. The molecule has 0 saturated carbocycles.